The molecule has 110 valence electrons. The smallest absolute Gasteiger partial charge is 0.170 e. The van der Waals surface area contributed by atoms with E-state index in [-0.39, 0.29) is 18.5 Å². The van der Waals surface area contributed by atoms with Gasteiger partial charge in [-0.05, 0) is 30.2 Å². The molecule has 2 aromatic carbocycles. The van der Waals surface area contributed by atoms with Crippen LogP contribution in [0.3, 0.4) is 0 Å². The topological polar surface area (TPSA) is 67.8 Å². The summed E-state index contributed by atoms with van der Waals surface area (Å²) < 4.78 is 19.0. The number of hydrogen-bond donors (Lipinski definition) is 2. The van der Waals surface area contributed by atoms with Gasteiger partial charge in [0.15, 0.2) is 5.84 Å². The van der Waals surface area contributed by atoms with E-state index in [0.717, 1.165) is 5.56 Å². The Hall–Kier alpha value is -2.40. The molecular formula is C16H17FN2O2. The van der Waals surface area contributed by atoms with Gasteiger partial charge in [-0.25, -0.2) is 4.39 Å². The lowest BCUT2D eigenvalue weighted by Crippen LogP contribution is -2.16. The molecule has 0 fully saturated rings. The van der Waals surface area contributed by atoms with Crippen molar-refractivity contribution >= 4 is 5.84 Å². The Labute approximate surface area is 122 Å². The minimum atomic E-state index is -0.448. The summed E-state index contributed by atoms with van der Waals surface area (Å²) in [5.74, 6) is -0.586. The van der Waals surface area contributed by atoms with Crippen molar-refractivity contribution in [3.8, 4) is 0 Å². The lowest BCUT2D eigenvalue weighted by Gasteiger charge is -2.15. The largest absolute Gasteiger partial charge is 0.409 e. The number of halogens is 1. The highest BCUT2D eigenvalue weighted by molar-refractivity contribution is 5.98. The van der Waals surface area contributed by atoms with Gasteiger partial charge in [0, 0.05) is 5.56 Å². The van der Waals surface area contributed by atoms with Gasteiger partial charge in [-0.2, -0.15) is 0 Å². The molecule has 0 aliphatic heterocycles. The van der Waals surface area contributed by atoms with Crippen LogP contribution in [-0.4, -0.2) is 11.0 Å². The van der Waals surface area contributed by atoms with E-state index in [1.807, 2.05) is 37.3 Å². The van der Waals surface area contributed by atoms with Gasteiger partial charge in [0.1, 0.15) is 5.82 Å². The molecule has 0 saturated carbocycles. The second kappa shape index (κ2) is 6.85. The Morgan fingerprint density at radius 2 is 2.00 bits per heavy atom. The van der Waals surface area contributed by atoms with Crippen LogP contribution in [0.4, 0.5) is 4.39 Å². The quantitative estimate of drug-likeness (QED) is 0.384. The van der Waals surface area contributed by atoms with E-state index in [9.17, 15) is 4.39 Å². The molecule has 3 N–H and O–H groups in total. The van der Waals surface area contributed by atoms with Crippen LogP contribution in [0.15, 0.2) is 53.7 Å². The summed E-state index contributed by atoms with van der Waals surface area (Å²) in [5.41, 5.74) is 7.60. The second-order valence-electron chi connectivity index (χ2n) is 4.65. The van der Waals surface area contributed by atoms with E-state index in [1.54, 1.807) is 6.07 Å². The maximum atomic E-state index is 13.3. The molecule has 0 spiro atoms. The summed E-state index contributed by atoms with van der Waals surface area (Å²) >= 11 is 0. The number of rotatable bonds is 5. The molecule has 5 heteroatoms. The van der Waals surface area contributed by atoms with Crippen molar-refractivity contribution in [2.75, 3.05) is 0 Å². The van der Waals surface area contributed by atoms with Crippen LogP contribution in [0.5, 0.6) is 0 Å². The van der Waals surface area contributed by atoms with Crippen molar-refractivity contribution < 1.29 is 14.3 Å². The molecule has 1 unspecified atom stereocenters. The first-order chi connectivity index (χ1) is 10.1. The molecule has 0 saturated heterocycles. The van der Waals surface area contributed by atoms with Crippen LogP contribution in [0.25, 0.3) is 0 Å². The molecule has 21 heavy (non-hydrogen) atoms. The van der Waals surface area contributed by atoms with Gasteiger partial charge < -0.3 is 15.7 Å². The summed E-state index contributed by atoms with van der Waals surface area (Å²) in [5, 5.41) is 11.7. The van der Waals surface area contributed by atoms with Crippen molar-refractivity contribution in [2.45, 2.75) is 19.6 Å². The zero-order valence-corrected chi connectivity index (χ0v) is 11.7. The number of nitrogens with zero attached hydrogens (tertiary/aromatic N) is 1. The lowest BCUT2D eigenvalue weighted by molar-refractivity contribution is 0.0524. The Morgan fingerprint density at radius 3 is 2.67 bits per heavy atom. The SMILES string of the molecule is CC(OCc1ccc(F)cc1C(N)=NO)c1ccccc1. The van der Waals surface area contributed by atoms with E-state index in [2.05, 4.69) is 5.16 Å². The fourth-order valence-electron chi connectivity index (χ4n) is 2.00. The van der Waals surface area contributed by atoms with Gasteiger partial charge in [-0.3, -0.25) is 0 Å². The van der Waals surface area contributed by atoms with Crippen molar-refractivity contribution in [1.29, 1.82) is 0 Å². The Balaban J connectivity index is 2.13. The molecule has 0 amide bonds. The second-order valence-corrected chi connectivity index (χ2v) is 4.65. The highest BCUT2D eigenvalue weighted by Crippen LogP contribution is 2.20. The average Bonchev–Trinajstić information content (AvgIpc) is 2.53. The fraction of sp³-hybridized carbons (Fsp3) is 0.188. The minimum absolute atomic E-state index is 0.114. The molecule has 0 radical (unpaired) electrons. The molecule has 0 heterocycles. The molecule has 4 nitrogen and oxygen atoms in total. The fourth-order valence-corrected chi connectivity index (χ4v) is 2.00. The van der Waals surface area contributed by atoms with Crippen LogP contribution >= 0.6 is 0 Å². The van der Waals surface area contributed by atoms with Gasteiger partial charge in [0.2, 0.25) is 0 Å². The first-order valence-corrected chi connectivity index (χ1v) is 6.54. The van der Waals surface area contributed by atoms with E-state index < -0.39 is 5.82 Å². The van der Waals surface area contributed by atoms with E-state index in [0.29, 0.717) is 11.1 Å². The van der Waals surface area contributed by atoms with E-state index >= 15 is 0 Å². The predicted octanol–water partition coefficient (Wildman–Crippen LogP) is 3.20. The van der Waals surface area contributed by atoms with E-state index in [1.165, 1.54) is 12.1 Å². The summed E-state index contributed by atoms with van der Waals surface area (Å²) in [6.45, 7) is 2.17. The number of hydrogen-bond acceptors (Lipinski definition) is 3. The Bertz CT molecular complexity index is 629. The first-order valence-electron chi connectivity index (χ1n) is 6.54. The third-order valence-corrected chi connectivity index (χ3v) is 3.21. The highest BCUT2D eigenvalue weighted by Gasteiger charge is 2.11. The van der Waals surface area contributed by atoms with Crippen molar-refractivity contribution in [1.82, 2.24) is 0 Å². The maximum Gasteiger partial charge on any atom is 0.170 e. The molecule has 2 rings (SSSR count). The van der Waals surface area contributed by atoms with Crippen LogP contribution in [0.2, 0.25) is 0 Å². The van der Waals surface area contributed by atoms with Crippen LogP contribution in [0, 0.1) is 5.82 Å². The standard InChI is InChI=1S/C16H17FN2O2/c1-11(12-5-3-2-4-6-12)21-10-13-7-8-14(17)9-15(13)16(18)19-20/h2-9,11,20H,10H2,1H3,(H2,18,19). The summed E-state index contributed by atoms with van der Waals surface area (Å²) in [7, 11) is 0. The zero-order valence-electron chi connectivity index (χ0n) is 11.7. The number of ether oxygens (including phenoxy) is 1. The molecule has 0 aromatic heterocycles. The predicted molar refractivity (Wildman–Crippen MR) is 78.6 cm³/mol. The highest BCUT2D eigenvalue weighted by atomic mass is 19.1. The summed E-state index contributed by atoms with van der Waals surface area (Å²) in [4.78, 5) is 0. The Kier molecular flexibility index (Phi) is 4.90. The van der Waals surface area contributed by atoms with Gasteiger partial charge in [-0.15, -0.1) is 0 Å². The van der Waals surface area contributed by atoms with Gasteiger partial charge >= 0.3 is 0 Å². The maximum absolute atomic E-state index is 13.3. The molecule has 0 aliphatic carbocycles. The molecule has 0 bridgehead atoms. The van der Waals surface area contributed by atoms with Crippen molar-refractivity contribution in [3.63, 3.8) is 0 Å². The minimum Gasteiger partial charge on any atom is -0.409 e. The van der Waals surface area contributed by atoms with Crippen LogP contribution < -0.4 is 5.73 Å². The Morgan fingerprint density at radius 1 is 1.29 bits per heavy atom. The number of oxime groups is 1. The molecule has 0 aliphatic rings. The van der Waals surface area contributed by atoms with Gasteiger partial charge in [0.25, 0.3) is 0 Å². The third-order valence-electron chi connectivity index (χ3n) is 3.21. The van der Waals surface area contributed by atoms with Crippen molar-refractivity contribution in [2.24, 2.45) is 10.9 Å². The van der Waals surface area contributed by atoms with Gasteiger partial charge in [0.05, 0.1) is 12.7 Å². The third kappa shape index (κ3) is 3.79. The molecular weight excluding hydrogens is 271 g/mol. The summed E-state index contributed by atoms with van der Waals surface area (Å²) in [6.07, 6.45) is -0.114. The average molecular weight is 288 g/mol. The first kappa shape index (κ1) is 15.0. The number of amidine groups is 1. The molecule has 1 atom stereocenters. The monoisotopic (exact) mass is 288 g/mol. The van der Waals surface area contributed by atoms with Gasteiger partial charge in [-0.1, -0.05) is 41.6 Å². The van der Waals surface area contributed by atoms with Crippen LogP contribution in [-0.2, 0) is 11.3 Å². The normalized spacial score (nSPS) is 13.1. The lowest BCUT2D eigenvalue weighted by atomic mass is 10.1. The van der Waals surface area contributed by atoms with E-state index in [4.69, 9.17) is 15.7 Å². The van der Waals surface area contributed by atoms with Crippen molar-refractivity contribution in [3.05, 3.63) is 71.0 Å². The zero-order chi connectivity index (χ0) is 15.2. The van der Waals surface area contributed by atoms with Crippen LogP contribution in [0.1, 0.15) is 29.7 Å². The number of nitrogens with two attached hydrogens (primary N) is 1. The summed E-state index contributed by atoms with van der Waals surface area (Å²) in [6, 6.07) is 13.9. The molecule has 2 aromatic rings. The number of benzene rings is 2.